The molecule has 0 fully saturated rings. The smallest absolute Gasteiger partial charge is 0.331 e. The van der Waals surface area contributed by atoms with Crippen LogP contribution in [0.2, 0.25) is 0 Å². The van der Waals surface area contributed by atoms with E-state index < -0.39 is 17.3 Å². The van der Waals surface area contributed by atoms with E-state index in [0.29, 0.717) is 28.8 Å². The van der Waals surface area contributed by atoms with Gasteiger partial charge in [-0.2, -0.15) is 0 Å². The number of nitrogens with zero attached hydrogens (tertiary/aromatic N) is 3. The summed E-state index contributed by atoms with van der Waals surface area (Å²) in [5, 5.41) is 20.4. The van der Waals surface area contributed by atoms with Crippen LogP contribution in [0.3, 0.4) is 0 Å². The Morgan fingerprint density at radius 3 is 2.29 bits per heavy atom. The minimum atomic E-state index is -0.668. The van der Waals surface area contributed by atoms with Crippen molar-refractivity contribution in [3.8, 4) is 22.8 Å². The van der Waals surface area contributed by atoms with E-state index >= 15 is 0 Å². The lowest BCUT2D eigenvalue weighted by molar-refractivity contribution is -0.00716. The van der Waals surface area contributed by atoms with Crippen LogP contribution in [0.25, 0.3) is 22.2 Å². The van der Waals surface area contributed by atoms with Crippen LogP contribution in [0.5, 0.6) is 11.5 Å². The maximum absolute atomic E-state index is 13.6. The number of aromatic nitrogens is 3. The Kier molecular flexibility index (Phi) is 4.77. The van der Waals surface area contributed by atoms with Crippen molar-refractivity contribution in [3.05, 3.63) is 80.1 Å². The summed E-state index contributed by atoms with van der Waals surface area (Å²) in [6.07, 6.45) is -0.668. The number of fused-ring (bicyclic) bond motifs is 3. The zero-order valence-electron chi connectivity index (χ0n) is 19.8. The molecule has 8 heteroatoms. The van der Waals surface area contributed by atoms with Gasteiger partial charge in [-0.15, -0.1) is 0 Å². The van der Waals surface area contributed by atoms with Gasteiger partial charge in [-0.1, -0.05) is 35.9 Å². The van der Waals surface area contributed by atoms with Crippen LogP contribution >= 0.6 is 0 Å². The molecule has 0 unspecified atom stereocenters. The largest absolute Gasteiger partial charge is 0.504 e. The molecule has 176 valence electrons. The van der Waals surface area contributed by atoms with E-state index in [0.717, 1.165) is 21.4 Å². The molecule has 34 heavy (non-hydrogen) atoms. The molecule has 1 aliphatic rings. The summed E-state index contributed by atoms with van der Waals surface area (Å²) < 4.78 is 11.0. The average Bonchev–Trinajstić information content (AvgIpc) is 3.16. The molecule has 2 aromatic carbocycles. The molecule has 0 radical (unpaired) electrons. The first-order valence-corrected chi connectivity index (χ1v) is 11.1. The molecule has 0 bridgehead atoms. The molecular weight excluding hydrogens is 434 g/mol. The van der Waals surface area contributed by atoms with Gasteiger partial charge in [-0.3, -0.25) is 13.9 Å². The monoisotopic (exact) mass is 461 g/mol. The Morgan fingerprint density at radius 2 is 1.65 bits per heavy atom. The van der Waals surface area contributed by atoms with Crippen molar-refractivity contribution < 1.29 is 14.9 Å². The summed E-state index contributed by atoms with van der Waals surface area (Å²) in [5.41, 5.74) is 3.09. The van der Waals surface area contributed by atoms with E-state index in [2.05, 4.69) is 4.57 Å². The fourth-order valence-corrected chi connectivity index (χ4v) is 4.94. The van der Waals surface area contributed by atoms with Gasteiger partial charge in [-0.25, -0.2) is 4.79 Å². The van der Waals surface area contributed by atoms with Gasteiger partial charge in [0, 0.05) is 14.1 Å². The van der Waals surface area contributed by atoms with E-state index in [-0.39, 0.29) is 17.1 Å². The lowest BCUT2D eigenvalue weighted by Crippen LogP contribution is -2.40. The summed E-state index contributed by atoms with van der Waals surface area (Å²) in [4.78, 5) is 26.5. The molecule has 3 heterocycles. The maximum Gasteiger partial charge on any atom is 0.331 e. The Labute approximate surface area is 195 Å². The standard InChI is InChI=1S/C26H27N3O5/c1-14-6-8-15(9-7-14)20-19-21(27(4)25(33)28(5)24(19)32)22-23(34-13-26(2,3)29(20)22)16-10-11-17(30)18(31)12-16/h6-12,23,30-31H,13H2,1-5H3/t23-/m0/s1. The van der Waals surface area contributed by atoms with Crippen molar-refractivity contribution in [2.75, 3.05) is 6.61 Å². The summed E-state index contributed by atoms with van der Waals surface area (Å²) in [7, 11) is 3.13. The van der Waals surface area contributed by atoms with Crippen molar-refractivity contribution in [1.29, 1.82) is 0 Å². The zero-order chi connectivity index (χ0) is 24.5. The SMILES string of the molecule is Cc1ccc(-c2c3c(=O)n(C)c(=O)n(C)c3c3n2C(C)(C)CO[C@H]3c2ccc(O)c(O)c2)cc1. The molecular formula is C26H27N3O5. The highest BCUT2D eigenvalue weighted by Gasteiger charge is 2.40. The second-order valence-corrected chi connectivity index (χ2v) is 9.62. The first-order chi connectivity index (χ1) is 16.0. The number of benzene rings is 2. The van der Waals surface area contributed by atoms with Crippen LogP contribution in [0.4, 0.5) is 0 Å². The van der Waals surface area contributed by atoms with Crippen LogP contribution in [0, 0.1) is 6.92 Å². The third-order valence-electron chi connectivity index (χ3n) is 6.69. The van der Waals surface area contributed by atoms with Crippen LogP contribution in [0.1, 0.15) is 36.8 Å². The Bertz CT molecular complexity index is 1570. The zero-order valence-corrected chi connectivity index (χ0v) is 19.8. The second kappa shape index (κ2) is 7.36. The lowest BCUT2D eigenvalue weighted by Gasteiger charge is -2.39. The molecule has 4 aromatic rings. The number of phenolic OH excluding ortho intramolecular Hbond substituents is 2. The van der Waals surface area contributed by atoms with Crippen LogP contribution < -0.4 is 11.2 Å². The van der Waals surface area contributed by atoms with Gasteiger partial charge >= 0.3 is 5.69 Å². The van der Waals surface area contributed by atoms with Gasteiger partial charge in [-0.05, 0) is 44.0 Å². The topological polar surface area (TPSA) is 98.6 Å². The molecule has 5 rings (SSSR count). The number of phenols is 2. The van der Waals surface area contributed by atoms with E-state index in [1.165, 1.54) is 23.7 Å². The van der Waals surface area contributed by atoms with E-state index in [1.807, 2.05) is 45.0 Å². The molecule has 2 N–H and O–H groups in total. The van der Waals surface area contributed by atoms with Gasteiger partial charge in [0.15, 0.2) is 11.5 Å². The first-order valence-electron chi connectivity index (χ1n) is 11.1. The molecule has 1 aliphatic heterocycles. The van der Waals surface area contributed by atoms with Gasteiger partial charge in [0.1, 0.15) is 6.10 Å². The average molecular weight is 462 g/mol. The second-order valence-electron chi connectivity index (χ2n) is 9.62. The lowest BCUT2D eigenvalue weighted by atomic mass is 9.97. The van der Waals surface area contributed by atoms with Gasteiger partial charge in [0.2, 0.25) is 0 Å². The normalized spacial score (nSPS) is 17.1. The highest BCUT2D eigenvalue weighted by molar-refractivity contribution is 5.96. The minimum Gasteiger partial charge on any atom is -0.504 e. The molecule has 2 aromatic heterocycles. The van der Waals surface area contributed by atoms with Crippen molar-refractivity contribution in [2.24, 2.45) is 14.1 Å². The summed E-state index contributed by atoms with van der Waals surface area (Å²) in [6, 6.07) is 12.5. The molecule has 1 atom stereocenters. The van der Waals surface area contributed by atoms with Crippen molar-refractivity contribution in [2.45, 2.75) is 32.4 Å². The Hall–Kier alpha value is -3.78. The van der Waals surface area contributed by atoms with Crippen molar-refractivity contribution in [3.63, 3.8) is 0 Å². The van der Waals surface area contributed by atoms with Gasteiger partial charge in [0.25, 0.3) is 5.56 Å². The summed E-state index contributed by atoms with van der Waals surface area (Å²) in [5.74, 6) is -0.501. The van der Waals surface area contributed by atoms with E-state index in [4.69, 9.17) is 4.74 Å². The van der Waals surface area contributed by atoms with E-state index in [1.54, 1.807) is 13.1 Å². The number of rotatable bonds is 2. The van der Waals surface area contributed by atoms with E-state index in [9.17, 15) is 19.8 Å². The van der Waals surface area contributed by atoms with Gasteiger partial charge in [0.05, 0.1) is 34.4 Å². The Morgan fingerprint density at radius 1 is 0.971 bits per heavy atom. The maximum atomic E-state index is 13.6. The van der Waals surface area contributed by atoms with Crippen LogP contribution in [0.15, 0.2) is 52.1 Å². The minimum absolute atomic E-state index is 0.234. The summed E-state index contributed by atoms with van der Waals surface area (Å²) in [6.45, 7) is 6.39. The molecule has 0 aliphatic carbocycles. The highest BCUT2D eigenvalue weighted by atomic mass is 16.5. The quantitative estimate of drug-likeness (QED) is 0.447. The number of aromatic hydroxyl groups is 2. The van der Waals surface area contributed by atoms with Crippen molar-refractivity contribution in [1.82, 2.24) is 13.7 Å². The highest BCUT2D eigenvalue weighted by Crippen LogP contribution is 2.46. The van der Waals surface area contributed by atoms with Gasteiger partial charge < -0.3 is 19.5 Å². The first kappa shape index (κ1) is 22.0. The molecule has 0 saturated heterocycles. The predicted octanol–water partition coefficient (Wildman–Crippen LogP) is 3.28. The molecule has 8 nitrogen and oxygen atoms in total. The van der Waals surface area contributed by atoms with Crippen LogP contribution in [-0.4, -0.2) is 30.5 Å². The number of ether oxygens (including phenoxy) is 1. The van der Waals surface area contributed by atoms with Crippen LogP contribution in [-0.2, 0) is 24.4 Å². The van der Waals surface area contributed by atoms with Crippen molar-refractivity contribution >= 4 is 10.9 Å². The number of hydrogen-bond donors (Lipinski definition) is 2. The summed E-state index contributed by atoms with van der Waals surface area (Å²) >= 11 is 0. The third kappa shape index (κ3) is 3.02. The number of aryl methyl sites for hydroxylation is 2. The predicted molar refractivity (Wildman–Crippen MR) is 129 cm³/mol. The molecule has 0 amide bonds. The molecule has 0 spiro atoms. The fourth-order valence-electron chi connectivity index (χ4n) is 4.94. The fraction of sp³-hybridized carbons (Fsp3) is 0.308. The Balaban J connectivity index is 1.99. The number of hydrogen-bond acceptors (Lipinski definition) is 5. The molecule has 0 saturated carbocycles. The third-order valence-corrected chi connectivity index (χ3v) is 6.69.